The summed E-state index contributed by atoms with van der Waals surface area (Å²) >= 11 is 0. The Morgan fingerprint density at radius 2 is 1.88 bits per heavy atom. The van der Waals surface area contributed by atoms with E-state index in [2.05, 4.69) is 20.0 Å². The summed E-state index contributed by atoms with van der Waals surface area (Å²) in [4.78, 5) is 20.0. The van der Waals surface area contributed by atoms with Gasteiger partial charge in [-0.15, -0.1) is 4.73 Å². The second kappa shape index (κ2) is 6.64. The standard InChI is InChI=1S/C16H17N5O4S/c1-10-15-13(7-14(22)21(23)16(15)19-9-18-10)17-8-11-3-5-12(6-4-11)20-26(2,24)25/h3-7,9,17,20,23H,8H2,1-2H3. The van der Waals surface area contributed by atoms with Gasteiger partial charge in [0.15, 0.2) is 5.65 Å². The molecule has 0 atom stereocenters. The molecule has 0 aliphatic heterocycles. The lowest BCUT2D eigenvalue weighted by molar-refractivity contribution is 0.186. The molecule has 0 saturated carbocycles. The van der Waals surface area contributed by atoms with Crippen molar-refractivity contribution < 1.29 is 13.6 Å². The monoisotopic (exact) mass is 375 g/mol. The molecule has 2 aromatic heterocycles. The van der Waals surface area contributed by atoms with E-state index < -0.39 is 15.6 Å². The van der Waals surface area contributed by atoms with E-state index in [0.29, 0.717) is 33.7 Å². The molecule has 0 radical (unpaired) electrons. The maximum Gasteiger partial charge on any atom is 0.286 e. The minimum atomic E-state index is -3.32. The molecule has 136 valence electrons. The molecule has 10 heteroatoms. The first-order chi connectivity index (χ1) is 12.2. The first kappa shape index (κ1) is 17.7. The third-order valence-electron chi connectivity index (χ3n) is 3.70. The van der Waals surface area contributed by atoms with E-state index in [1.165, 1.54) is 12.4 Å². The van der Waals surface area contributed by atoms with E-state index in [9.17, 15) is 18.4 Å². The molecule has 3 N–H and O–H groups in total. The van der Waals surface area contributed by atoms with E-state index in [0.717, 1.165) is 11.8 Å². The molecule has 0 bridgehead atoms. The molecule has 2 heterocycles. The summed E-state index contributed by atoms with van der Waals surface area (Å²) in [6, 6.07) is 8.10. The van der Waals surface area contributed by atoms with Crippen LogP contribution in [0, 0.1) is 6.92 Å². The number of anilines is 2. The van der Waals surface area contributed by atoms with Gasteiger partial charge in [0.2, 0.25) is 10.0 Å². The van der Waals surface area contributed by atoms with Crippen molar-refractivity contribution in [2.75, 3.05) is 16.3 Å². The van der Waals surface area contributed by atoms with Crippen LogP contribution in [0.1, 0.15) is 11.3 Å². The van der Waals surface area contributed by atoms with Crippen molar-refractivity contribution in [1.29, 1.82) is 0 Å². The van der Waals surface area contributed by atoms with Crippen LogP contribution in [0.25, 0.3) is 11.0 Å². The van der Waals surface area contributed by atoms with Gasteiger partial charge in [0.25, 0.3) is 5.56 Å². The molecule has 0 saturated heterocycles. The minimum Gasteiger partial charge on any atom is -0.423 e. The average Bonchev–Trinajstić information content (AvgIpc) is 2.57. The van der Waals surface area contributed by atoms with Crippen LogP contribution in [-0.2, 0) is 16.6 Å². The number of nitrogens with zero attached hydrogens (tertiary/aromatic N) is 3. The molecular weight excluding hydrogens is 358 g/mol. The highest BCUT2D eigenvalue weighted by Gasteiger charge is 2.12. The third-order valence-corrected chi connectivity index (χ3v) is 4.31. The molecule has 3 aromatic rings. The van der Waals surface area contributed by atoms with E-state index in [-0.39, 0.29) is 5.65 Å². The Kier molecular flexibility index (Phi) is 4.51. The van der Waals surface area contributed by atoms with Crippen LogP contribution in [0.15, 0.2) is 41.5 Å². The molecule has 9 nitrogen and oxygen atoms in total. The third kappa shape index (κ3) is 3.75. The Balaban J connectivity index is 1.86. The molecule has 0 aliphatic carbocycles. The van der Waals surface area contributed by atoms with Crippen molar-refractivity contribution in [1.82, 2.24) is 14.7 Å². The largest absolute Gasteiger partial charge is 0.423 e. The van der Waals surface area contributed by atoms with Crippen molar-refractivity contribution in [3.63, 3.8) is 0 Å². The quantitative estimate of drug-likeness (QED) is 0.574. The summed E-state index contributed by atoms with van der Waals surface area (Å²) in [7, 11) is -3.32. The molecular formula is C16H17N5O4S. The Morgan fingerprint density at radius 3 is 2.54 bits per heavy atom. The van der Waals surface area contributed by atoms with Crippen LogP contribution in [0.3, 0.4) is 0 Å². The summed E-state index contributed by atoms with van der Waals surface area (Å²) in [6.07, 6.45) is 2.36. The van der Waals surface area contributed by atoms with Gasteiger partial charge >= 0.3 is 0 Å². The summed E-state index contributed by atoms with van der Waals surface area (Å²) in [5.41, 5.74) is 1.99. The zero-order chi connectivity index (χ0) is 18.9. The van der Waals surface area contributed by atoms with Gasteiger partial charge in [0.05, 0.1) is 23.0 Å². The van der Waals surface area contributed by atoms with Gasteiger partial charge in [-0.2, -0.15) is 0 Å². The van der Waals surface area contributed by atoms with E-state index in [4.69, 9.17) is 0 Å². The van der Waals surface area contributed by atoms with Crippen LogP contribution >= 0.6 is 0 Å². The maximum atomic E-state index is 11.9. The summed E-state index contributed by atoms with van der Waals surface area (Å²) in [5, 5.41) is 13.5. The highest BCUT2D eigenvalue weighted by Crippen LogP contribution is 2.22. The lowest BCUT2D eigenvalue weighted by atomic mass is 10.2. The second-order valence-corrected chi connectivity index (χ2v) is 7.54. The maximum absolute atomic E-state index is 11.9. The van der Waals surface area contributed by atoms with Gasteiger partial charge in [0.1, 0.15) is 6.33 Å². The van der Waals surface area contributed by atoms with Crippen LogP contribution in [-0.4, -0.2) is 34.6 Å². The SMILES string of the molecule is Cc1ncnc2c1c(NCc1ccc(NS(C)(=O)=O)cc1)cc(=O)n2O. The van der Waals surface area contributed by atoms with Crippen molar-refractivity contribution in [3.05, 3.63) is 58.3 Å². The topological polar surface area (TPSA) is 126 Å². The Morgan fingerprint density at radius 1 is 1.19 bits per heavy atom. The van der Waals surface area contributed by atoms with Crippen LogP contribution in [0.4, 0.5) is 11.4 Å². The predicted molar refractivity (Wildman–Crippen MR) is 98.0 cm³/mol. The van der Waals surface area contributed by atoms with E-state index >= 15 is 0 Å². The summed E-state index contributed by atoms with van der Waals surface area (Å²) in [6.45, 7) is 2.14. The number of pyridine rings is 1. The molecule has 1 aromatic carbocycles. The molecule has 26 heavy (non-hydrogen) atoms. The number of nitrogens with one attached hydrogen (secondary N) is 2. The molecule has 3 rings (SSSR count). The van der Waals surface area contributed by atoms with Crippen molar-refractivity contribution in [3.8, 4) is 0 Å². The van der Waals surface area contributed by atoms with Crippen LogP contribution in [0.2, 0.25) is 0 Å². The van der Waals surface area contributed by atoms with Gasteiger partial charge in [-0.25, -0.2) is 18.4 Å². The highest BCUT2D eigenvalue weighted by molar-refractivity contribution is 7.92. The minimum absolute atomic E-state index is 0.125. The lowest BCUT2D eigenvalue weighted by Crippen LogP contribution is -2.20. The highest BCUT2D eigenvalue weighted by atomic mass is 32.2. The number of benzene rings is 1. The number of aryl methyl sites for hydroxylation is 1. The van der Waals surface area contributed by atoms with Gasteiger partial charge in [0, 0.05) is 18.3 Å². The molecule has 0 unspecified atom stereocenters. The number of rotatable bonds is 5. The second-order valence-electron chi connectivity index (χ2n) is 5.79. The van der Waals surface area contributed by atoms with Gasteiger partial charge in [-0.3, -0.25) is 9.52 Å². The fraction of sp³-hybridized carbons (Fsp3) is 0.188. The number of sulfonamides is 1. The van der Waals surface area contributed by atoms with Gasteiger partial charge in [-0.1, -0.05) is 12.1 Å². The summed E-state index contributed by atoms with van der Waals surface area (Å²) < 4.78 is 25.3. The molecule has 0 amide bonds. The molecule has 0 fully saturated rings. The zero-order valence-corrected chi connectivity index (χ0v) is 14.9. The normalized spacial score (nSPS) is 11.5. The Labute approximate surface area is 149 Å². The fourth-order valence-corrected chi connectivity index (χ4v) is 3.10. The lowest BCUT2D eigenvalue weighted by Gasteiger charge is -2.12. The van der Waals surface area contributed by atoms with Crippen molar-refractivity contribution >= 4 is 32.4 Å². The summed E-state index contributed by atoms with van der Waals surface area (Å²) in [5.74, 6) is 0. The fourth-order valence-electron chi connectivity index (χ4n) is 2.54. The predicted octanol–water partition coefficient (Wildman–Crippen LogP) is 1.32. The number of fused-ring (bicyclic) bond motifs is 1. The Hall–Kier alpha value is -3.14. The number of hydrogen-bond donors (Lipinski definition) is 3. The first-order valence-corrected chi connectivity index (χ1v) is 9.51. The molecule has 0 spiro atoms. The number of hydrogen-bond acceptors (Lipinski definition) is 7. The Bertz CT molecular complexity index is 1120. The van der Waals surface area contributed by atoms with Crippen LogP contribution < -0.4 is 15.6 Å². The van der Waals surface area contributed by atoms with Gasteiger partial charge < -0.3 is 10.5 Å². The first-order valence-electron chi connectivity index (χ1n) is 7.62. The molecule has 0 aliphatic rings. The van der Waals surface area contributed by atoms with Crippen molar-refractivity contribution in [2.24, 2.45) is 0 Å². The van der Waals surface area contributed by atoms with E-state index in [1.807, 2.05) is 0 Å². The average molecular weight is 375 g/mol. The number of aromatic nitrogens is 3. The van der Waals surface area contributed by atoms with Crippen LogP contribution in [0.5, 0.6) is 0 Å². The van der Waals surface area contributed by atoms with Crippen molar-refractivity contribution in [2.45, 2.75) is 13.5 Å². The zero-order valence-electron chi connectivity index (χ0n) is 14.1. The van der Waals surface area contributed by atoms with Gasteiger partial charge in [-0.05, 0) is 24.6 Å². The van der Waals surface area contributed by atoms with E-state index in [1.54, 1.807) is 31.2 Å². The smallest absolute Gasteiger partial charge is 0.286 e.